The summed E-state index contributed by atoms with van der Waals surface area (Å²) in [6.07, 6.45) is 1.43. The van der Waals surface area contributed by atoms with Crippen molar-refractivity contribution in [2.75, 3.05) is 5.32 Å². The van der Waals surface area contributed by atoms with E-state index in [1.807, 2.05) is 50.2 Å². The van der Waals surface area contributed by atoms with E-state index >= 15 is 0 Å². The number of nitrogens with zero attached hydrogens (tertiary/aromatic N) is 3. The van der Waals surface area contributed by atoms with Crippen molar-refractivity contribution in [2.45, 2.75) is 26.9 Å². The highest BCUT2D eigenvalue weighted by atomic mass is 16.2. The third-order valence-corrected chi connectivity index (χ3v) is 5.04. The monoisotopic (exact) mass is 429 g/mol. The molecule has 0 saturated carbocycles. The van der Waals surface area contributed by atoms with Crippen molar-refractivity contribution in [3.8, 4) is 0 Å². The molecule has 0 bridgehead atoms. The highest BCUT2D eigenvalue weighted by Crippen LogP contribution is 2.09. The van der Waals surface area contributed by atoms with Crippen LogP contribution in [0.25, 0.3) is 5.65 Å². The number of pyridine rings is 1. The molecule has 0 atom stereocenters. The van der Waals surface area contributed by atoms with Gasteiger partial charge < -0.3 is 10.6 Å². The maximum absolute atomic E-state index is 12.7. The summed E-state index contributed by atoms with van der Waals surface area (Å²) in [6.45, 7) is 4.11. The van der Waals surface area contributed by atoms with Gasteiger partial charge in [-0.2, -0.15) is 0 Å². The number of anilines is 1. The minimum atomic E-state index is -0.493. The van der Waals surface area contributed by atoms with Crippen molar-refractivity contribution >= 4 is 23.1 Å². The number of aryl methyl sites for hydroxylation is 2. The molecule has 0 aliphatic carbocycles. The standard InChI is InChI=1S/C24H23N5O3/c1-16-3-7-18(8-4-16)13-25-23(31)19-9-12-21-27-29(24(32)28(21)14-19)15-22(30)26-20-10-5-17(2)6-11-20/h3-12,14H,13,15H2,1-2H3,(H,25,31)(H,26,30). The quantitative estimate of drug-likeness (QED) is 0.492. The molecule has 162 valence electrons. The van der Waals surface area contributed by atoms with E-state index in [-0.39, 0.29) is 18.4 Å². The van der Waals surface area contributed by atoms with Gasteiger partial charge in [0.15, 0.2) is 5.65 Å². The van der Waals surface area contributed by atoms with Crippen LogP contribution in [0.4, 0.5) is 5.69 Å². The summed E-state index contributed by atoms with van der Waals surface area (Å²) in [5, 5.41) is 9.77. The normalized spacial score (nSPS) is 10.8. The van der Waals surface area contributed by atoms with E-state index in [1.165, 1.54) is 10.6 Å². The summed E-state index contributed by atoms with van der Waals surface area (Å²) in [5.41, 5.74) is 4.04. The zero-order chi connectivity index (χ0) is 22.7. The minimum Gasteiger partial charge on any atom is -0.348 e. The molecule has 2 aromatic carbocycles. The van der Waals surface area contributed by atoms with Gasteiger partial charge in [-0.25, -0.2) is 13.9 Å². The third-order valence-electron chi connectivity index (χ3n) is 5.04. The molecule has 4 aromatic rings. The molecule has 4 rings (SSSR count). The molecule has 0 fully saturated rings. The fourth-order valence-corrected chi connectivity index (χ4v) is 3.22. The van der Waals surface area contributed by atoms with Gasteiger partial charge in [-0.15, -0.1) is 5.10 Å². The lowest BCUT2D eigenvalue weighted by Crippen LogP contribution is -2.28. The summed E-state index contributed by atoms with van der Waals surface area (Å²) in [4.78, 5) is 37.6. The van der Waals surface area contributed by atoms with E-state index in [9.17, 15) is 14.4 Å². The lowest BCUT2D eigenvalue weighted by molar-refractivity contribution is -0.117. The largest absolute Gasteiger partial charge is 0.350 e. The molecule has 32 heavy (non-hydrogen) atoms. The molecule has 8 nitrogen and oxygen atoms in total. The fraction of sp³-hybridized carbons (Fsp3) is 0.167. The first-order valence-electron chi connectivity index (χ1n) is 10.2. The fourth-order valence-electron chi connectivity index (χ4n) is 3.22. The number of rotatable bonds is 6. The Bertz CT molecular complexity index is 1340. The van der Waals surface area contributed by atoms with Gasteiger partial charge in [0, 0.05) is 18.4 Å². The van der Waals surface area contributed by atoms with Crippen LogP contribution in [-0.4, -0.2) is 26.0 Å². The molecule has 0 radical (unpaired) electrons. The van der Waals surface area contributed by atoms with Gasteiger partial charge in [0.2, 0.25) is 5.91 Å². The van der Waals surface area contributed by atoms with E-state index in [0.29, 0.717) is 23.4 Å². The van der Waals surface area contributed by atoms with Gasteiger partial charge in [-0.3, -0.25) is 9.59 Å². The van der Waals surface area contributed by atoms with E-state index in [1.54, 1.807) is 24.3 Å². The topological polar surface area (TPSA) is 97.5 Å². The van der Waals surface area contributed by atoms with Crippen molar-refractivity contribution in [2.24, 2.45) is 0 Å². The van der Waals surface area contributed by atoms with Crippen molar-refractivity contribution in [3.05, 3.63) is 99.6 Å². The first-order valence-corrected chi connectivity index (χ1v) is 10.2. The molecule has 0 aliphatic rings. The molecule has 2 amide bonds. The van der Waals surface area contributed by atoms with Gasteiger partial charge in [0.25, 0.3) is 5.91 Å². The Morgan fingerprint density at radius 3 is 2.25 bits per heavy atom. The van der Waals surface area contributed by atoms with Crippen LogP contribution in [0.15, 0.2) is 71.7 Å². The average molecular weight is 429 g/mol. The summed E-state index contributed by atoms with van der Waals surface area (Å²) < 4.78 is 2.34. The number of amides is 2. The van der Waals surface area contributed by atoms with E-state index in [4.69, 9.17) is 0 Å². The van der Waals surface area contributed by atoms with Crippen molar-refractivity contribution in [3.63, 3.8) is 0 Å². The lowest BCUT2D eigenvalue weighted by Gasteiger charge is -2.06. The second kappa shape index (κ2) is 8.89. The Balaban J connectivity index is 1.46. The van der Waals surface area contributed by atoms with E-state index in [0.717, 1.165) is 21.4 Å². The summed E-state index contributed by atoms with van der Waals surface area (Å²) in [6, 6.07) is 18.4. The molecule has 0 aliphatic heterocycles. The highest BCUT2D eigenvalue weighted by molar-refractivity contribution is 5.94. The summed E-state index contributed by atoms with van der Waals surface area (Å²) in [7, 11) is 0. The Kier molecular flexibility index (Phi) is 5.85. The Morgan fingerprint density at radius 2 is 1.56 bits per heavy atom. The number of hydrogen-bond acceptors (Lipinski definition) is 4. The Morgan fingerprint density at radius 1 is 0.906 bits per heavy atom. The van der Waals surface area contributed by atoms with Crippen LogP contribution in [0, 0.1) is 13.8 Å². The number of carbonyl (C=O) groups is 2. The van der Waals surface area contributed by atoms with E-state index < -0.39 is 5.69 Å². The zero-order valence-corrected chi connectivity index (χ0v) is 17.8. The first-order chi connectivity index (χ1) is 15.4. The molecule has 2 aromatic heterocycles. The second-order valence-corrected chi connectivity index (χ2v) is 7.67. The smallest absolute Gasteiger partial charge is 0.348 e. The predicted octanol–water partition coefficient (Wildman–Crippen LogP) is 2.68. The van der Waals surface area contributed by atoms with Gasteiger partial charge in [0.1, 0.15) is 6.54 Å². The molecule has 0 saturated heterocycles. The molecular weight excluding hydrogens is 406 g/mol. The Labute approximate surface area is 184 Å². The molecule has 8 heteroatoms. The molecular formula is C24H23N5O3. The number of fused-ring (bicyclic) bond motifs is 1. The third kappa shape index (κ3) is 4.75. The zero-order valence-electron chi connectivity index (χ0n) is 17.8. The maximum Gasteiger partial charge on any atom is 0.350 e. The summed E-state index contributed by atoms with van der Waals surface area (Å²) in [5.74, 6) is -0.667. The van der Waals surface area contributed by atoms with Crippen LogP contribution >= 0.6 is 0 Å². The van der Waals surface area contributed by atoms with Crippen molar-refractivity contribution < 1.29 is 9.59 Å². The SMILES string of the molecule is Cc1ccc(CNC(=O)c2ccc3nn(CC(=O)Nc4ccc(C)cc4)c(=O)n3c2)cc1. The predicted molar refractivity (Wildman–Crippen MR) is 122 cm³/mol. The Hall–Kier alpha value is -4.20. The van der Waals surface area contributed by atoms with Gasteiger partial charge >= 0.3 is 5.69 Å². The van der Waals surface area contributed by atoms with Crippen LogP contribution in [0.1, 0.15) is 27.0 Å². The van der Waals surface area contributed by atoms with Crippen LogP contribution in [0.3, 0.4) is 0 Å². The molecule has 0 spiro atoms. The van der Waals surface area contributed by atoms with E-state index in [2.05, 4.69) is 15.7 Å². The van der Waals surface area contributed by atoms with Crippen molar-refractivity contribution in [1.29, 1.82) is 0 Å². The maximum atomic E-state index is 12.7. The number of aromatic nitrogens is 3. The van der Waals surface area contributed by atoms with Gasteiger partial charge in [0.05, 0.1) is 5.56 Å². The first kappa shape index (κ1) is 21.0. The minimum absolute atomic E-state index is 0.233. The van der Waals surface area contributed by atoms with Crippen LogP contribution < -0.4 is 16.3 Å². The van der Waals surface area contributed by atoms with Gasteiger partial charge in [-0.1, -0.05) is 47.5 Å². The molecule has 2 heterocycles. The molecule has 0 unspecified atom stereocenters. The van der Waals surface area contributed by atoms with Gasteiger partial charge in [-0.05, 0) is 43.7 Å². The number of carbonyl (C=O) groups excluding carboxylic acids is 2. The van der Waals surface area contributed by atoms with Crippen LogP contribution in [0.5, 0.6) is 0 Å². The summed E-state index contributed by atoms with van der Waals surface area (Å²) >= 11 is 0. The second-order valence-electron chi connectivity index (χ2n) is 7.67. The number of hydrogen-bond donors (Lipinski definition) is 2. The number of nitrogens with one attached hydrogen (secondary N) is 2. The lowest BCUT2D eigenvalue weighted by atomic mass is 10.1. The molecule has 2 N–H and O–H groups in total. The number of benzene rings is 2. The highest BCUT2D eigenvalue weighted by Gasteiger charge is 2.13. The average Bonchev–Trinajstić information content (AvgIpc) is 3.09. The van der Waals surface area contributed by atoms with Crippen molar-refractivity contribution in [1.82, 2.24) is 19.5 Å². The van der Waals surface area contributed by atoms with Crippen LogP contribution in [-0.2, 0) is 17.9 Å². The van der Waals surface area contributed by atoms with Crippen LogP contribution in [0.2, 0.25) is 0 Å².